The third-order valence-electron chi connectivity index (χ3n) is 4.02. The Hall–Kier alpha value is -2.97. The van der Waals surface area contributed by atoms with Gasteiger partial charge in [-0.25, -0.2) is 4.79 Å². The first-order valence-electron chi connectivity index (χ1n) is 8.12. The molecule has 0 atom stereocenters. The maximum atomic E-state index is 12.8. The second-order valence-electron chi connectivity index (χ2n) is 5.75. The quantitative estimate of drug-likeness (QED) is 0.501. The molecule has 0 saturated carbocycles. The molecule has 0 aliphatic carbocycles. The molecule has 3 aromatic rings. The van der Waals surface area contributed by atoms with E-state index in [1.165, 1.54) is 13.2 Å². The Balaban J connectivity index is 1.87. The fourth-order valence-corrected chi connectivity index (χ4v) is 3.69. The summed E-state index contributed by atoms with van der Waals surface area (Å²) in [6.45, 7) is 0. The van der Waals surface area contributed by atoms with Crippen molar-refractivity contribution in [1.29, 1.82) is 0 Å². The number of carbonyl (C=O) groups is 2. The number of aromatic carboxylic acids is 1. The van der Waals surface area contributed by atoms with E-state index in [2.05, 4.69) is 26.6 Å². The van der Waals surface area contributed by atoms with Gasteiger partial charge in [-0.15, -0.1) is 0 Å². The van der Waals surface area contributed by atoms with E-state index in [-0.39, 0.29) is 16.4 Å². The highest BCUT2D eigenvalue weighted by Crippen LogP contribution is 2.36. The predicted molar refractivity (Wildman–Crippen MR) is 115 cm³/mol. The highest BCUT2D eigenvalue weighted by atomic mass is 79.9. The Bertz CT molecular complexity index is 1100. The summed E-state index contributed by atoms with van der Waals surface area (Å²) in [4.78, 5) is 24.1. The molecule has 0 saturated heterocycles. The fraction of sp³-hybridized carbons (Fsp3) is 0.0500. The minimum atomic E-state index is -1.10. The van der Waals surface area contributed by atoms with Crippen molar-refractivity contribution in [2.24, 2.45) is 0 Å². The zero-order chi connectivity index (χ0) is 20.3. The van der Waals surface area contributed by atoms with Gasteiger partial charge < -0.3 is 15.2 Å². The van der Waals surface area contributed by atoms with Crippen LogP contribution in [0.3, 0.4) is 0 Å². The van der Waals surface area contributed by atoms with Gasteiger partial charge in [0, 0.05) is 0 Å². The Morgan fingerprint density at radius 1 is 1.07 bits per heavy atom. The Labute approximate surface area is 174 Å². The van der Waals surface area contributed by atoms with E-state index in [9.17, 15) is 14.7 Å². The molecule has 0 spiro atoms. The molecule has 0 bridgehead atoms. The molecule has 0 aliphatic heterocycles. The zero-order valence-corrected chi connectivity index (χ0v) is 17.1. The number of hydrogen-bond acceptors (Lipinski definition) is 4. The number of ether oxygens (including phenoxy) is 1. The SMILES string of the molecule is COc1c(C(=O)NC(=S)Nc2ccccc2C(=O)O)cc2ccccc2c1Br. The lowest BCUT2D eigenvalue weighted by Crippen LogP contribution is -2.34. The van der Waals surface area contributed by atoms with Gasteiger partial charge >= 0.3 is 5.97 Å². The van der Waals surface area contributed by atoms with Gasteiger partial charge in [0.2, 0.25) is 0 Å². The number of carboxylic acid groups (broad SMARTS) is 1. The smallest absolute Gasteiger partial charge is 0.337 e. The van der Waals surface area contributed by atoms with Crippen LogP contribution in [-0.2, 0) is 0 Å². The topological polar surface area (TPSA) is 87.7 Å². The van der Waals surface area contributed by atoms with Crippen LogP contribution in [0.4, 0.5) is 5.69 Å². The van der Waals surface area contributed by atoms with Gasteiger partial charge in [-0.05, 0) is 57.1 Å². The summed E-state index contributed by atoms with van der Waals surface area (Å²) in [5.41, 5.74) is 0.626. The number of carbonyl (C=O) groups excluding carboxylic acids is 1. The summed E-state index contributed by atoms with van der Waals surface area (Å²) in [6, 6.07) is 15.6. The van der Waals surface area contributed by atoms with E-state index >= 15 is 0 Å². The number of halogens is 1. The normalized spacial score (nSPS) is 10.4. The lowest BCUT2D eigenvalue weighted by Gasteiger charge is -2.15. The van der Waals surface area contributed by atoms with Crippen molar-refractivity contribution in [2.45, 2.75) is 0 Å². The number of hydrogen-bond donors (Lipinski definition) is 3. The van der Waals surface area contributed by atoms with Gasteiger partial charge in [-0.1, -0.05) is 36.4 Å². The molecule has 28 heavy (non-hydrogen) atoms. The molecule has 0 radical (unpaired) electrons. The molecule has 0 heterocycles. The van der Waals surface area contributed by atoms with Crippen molar-refractivity contribution in [2.75, 3.05) is 12.4 Å². The highest BCUT2D eigenvalue weighted by molar-refractivity contribution is 9.10. The molecule has 6 nitrogen and oxygen atoms in total. The number of fused-ring (bicyclic) bond motifs is 1. The van der Waals surface area contributed by atoms with E-state index in [4.69, 9.17) is 17.0 Å². The zero-order valence-electron chi connectivity index (χ0n) is 14.7. The highest BCUT2D eigenvalue weighted by Gasteiger charge is 2.19. The minimum absolute atomic E-state index is 0.0231. The summed E-state index contributed by atoms with van der Waals surface area (Å²) >= 11 is 8.67. The Morgan fingerprint density at radius 2 is 1.75 bits per heavy atom. The number of thiocarbonyl (C=S) groups is 1. The van der Waals surface area contributed by atoms with Gasteiger partial charge in [0.15, 0.2) is 5.11 Å². The van der Waals surface area contributed by atoms with Gasteiger partial charge in [0.1, 0.15) is 5.75 Å². The summed E-state index contributed by atoms with van der Waals surface area (Å²) in [7, 11) is 1.48. The van der Waals surface area contributed by atoms with Gasteiger partial charge in [0.25, 0.3) is 5.91 Å². The van der Waals surface area contributed by atoms with E-state index in [0.717, 1.165) is 10.8 Å². The van der Waals surface area contributed by atoms with Crippen LogP contribution < -0.4 is 15.4 Å². The fourth-order valence-electron chi connectivity index (χ4n) is 2.76. The third-order valence-corrected chi connectivity index (χ3v) is 5.01. The molecule has 0 unspecified atom stereocenters. The lowest BCUT2D eigenvalue weighted by atomic mass is 10.1. The first-order valence-corrected chi connectivity index (χ1v) is 9.32. The minimum Gasteiger partial charge on any atom is -0.495 e. The third kappa shape index (κ3) is 3.97. The summed E-state index contributed by atoms with van der Waals surface area (Å²) < 4.78 is 6.07. The standard InChI is InChI=1S/C20H15BrN2O4S/c1-27-17-14(10-11-6-2-3-7-12(11)16(17)21)18(24)23-20(28)22-15-9-5-4-8-13(15)19(25)26/h2-10H,1H3,(H,25,26)(H2,22,23,24,28). The van der Waals surface area contributed by atoms with Crippen LogP contribution in [0.2, 0.25) is 0 Å². The largest absolute Gasteiger partial charge is 0.495 e. The van der Waals surface area contributed by atoms with Crippen LogP contribution in [-0.4, -0.2) is 29.2 Å². The van der Waals surface area contributed by atoms with Crippen LogP contribution in [0.1, 0.15) is 20.7 Å². The molecule has 142 valence electrons. The average molecular weight is 459 g/mol. The van der Waals surface area contributed by atoms with Crippen molar-refractivity contribution in [3.63, 3.8) is 0 Å². The lowest BCUT2D eigenvalue weighted by molar-refractivity contribution is 0.0697. The number of rotatable bonds is 4. The van der Waals surface area contributed by atoms with Crippen molar-refractivity contribution < 1.29 is 19.4 Å². The molecule has 0 aliphatic rings. The number of amides is 1. The van der Waals surface area contributed by atoms with E-state index in [1.54, 1.807) is 24.3 Å². The number of benzene rings is 3. The Kier molecular flexibility index (Phi) is 5.91. The molecule has 0 aromatic heterocycles. The van der Waals surface area contributed by atoms with Crippen LogP contribution in [0, 0.1) is 0 Å². The van der Waals surface area contributed by atoms with Crippen molar-refractivity contribution >= 4 is 61.6 Å². The van der Waals surface area contributed by atoms with Crippen LogP contribution in [0.25, 0.3) is 10.8 Å². The number of para-hydroxylation sites is 1. The second kappa shape index (κ2) is 8.37. The van der Waals surface area contributed by atoms with E-state index < -0.39 is 11.9 Å². The summed E-state index contributed by atoms with van der Waals surface area (Å²) in [5, 5.41) is 16.3. The Morgan fingerprint density at radius 3 is 2.46 bits per heavy atom. The average Bonchev–Trinajstić information content (AvgIpc) is 2.68. The summed E-state index contributed by atoms with van der Waals surface area (Å²) in [5.74, 6) is -1.20. The maximum Gasteiger partial charge on any atom is 0.337 e. The number of nitrogens with one attached hydrogen (secondary N) is 2. The molecule has 8 heteroatoms. The summed E-state index contributed by atoms with van der Waals surface area (Å²) in [6.07, 6.45) is 0. The van der Waals surface area contributed by atoms with E-state index in [1.807, 2.05) is 24.3 Å². The number of methoxy groups -OCH3 is 1. The van der Waals surface area contributed by atoms with Crippen LogP contribution in [0.15, 0.2) is 59.1 Å². The van der Waals surface area contributed by atoms with Gasteiger partial charge in [-0.3, -0.25) is 10.1 Å². The first kappa shape index (κ1) is 19.8. The van der Waals surface area contributed by atoms with Crippen LogP contribution in [0.5, 0.6) is 5.75 Å². The molecule has 3 aromatic carbocycles. The molecule has 0 fully saturated rings. The number of carboxylic acids is 1. The predicted octanol–water partition coefficient (Wildman–Crippen LogP) is 4.44. The van der Waals surface area contributed by atoms with Gasteiger partial charge in [0.05, 0.1) is 28.4 Å². The van der Waals surface area contributed by atoms with Crippen molar-refractivity contribution in [3.8, 4) is 5.75 Å². The number of anilines is 1. The molecular formula is C20H15BrN2O4S. The first-order chi connectivity index (χ1) is 13.4. The van der Waals surface area contributed by atoms with E-state index in [0.29, 0.717) is 15.8 Å². The molecule has 1 amide bonds. The molecule has 3 rings (SSSR count). The molecular weight excluding hydrogens is 444 g/mol. The van der Waals surface area contributed by atoms with Crippen LogP contribution >= 0.6 is 28.1 Å². The second-order valence-corrected chi connectivity index (χ2v) is 6.95. The van der Waals surface area contributed by atoms with Crippen molar-refractivity contribution in [1.82, 2.24) is 5.32 Å². The maximum absolute atomic E-state index is 12.8. The molecule has 3 N–H and O–H groups in total. The monoisotopic (exact) mass is 458 g/mol. The van der Waals surface area contributed by atoms with Gasteiger partial charge in [-0.2, -0.15) is 0 Å². The van der Waals surface area contributed by atoms with Crippen molar-refractivity contribution in [3.05, 3.63) is 70.2 Å².